The molecule has 2 heterocycles. The van der Waals surface area contributed by atoms with Gasteiger partial charge in [0, 0.05) is 23.3 Å². The summed E-state index contributed by atoms with van der Waals surface area (Å²) in [6.45, 7) is 10.2. The zero-order valence-electron chi connectivity index (χ0n) is 19.5. The smallest absolute Gasteiger partial charge is 0.270 e. The first-order valence-corrected chi connectivity index (χ1v) is 11.5. The van der Waals surface area contributed by atoms with Crippen LogP contribution in [0.5, 0.6) is 0 Å². The van der Waals surface area contributed by atoms with E-state index in [0.717, 1.165) is 28.0 Å². The number of nitrogens with one attached hydrogen (secondary N) is 1. The predicted molar refractivity (Wildman–Crippen MR) is 140 cm³/mol. The van der Waals surface area contributed by atoms with Crippen LogP contribution in [-0.4, -0.2) is 29.5 Å². The molecule has 0 bridgehead atoms. The minimum Gasteiger partial charge on any atom is -0.365 e. The normalized spacial score (nSPS) is 18.9. The molecule has 2 aliphatic heterocycles. The van der Waals surface area contributed by atoms with Crippen molar-refractivity contribution in [2.24, 2.45) is 0 Å². The number of fused-ring (bicyclic) bond motifs is 1. The highest BCUT2D eigenvalue weighted by Gasteiger charge is 2.35. The molecular weight excluding hydrogens is 454 g/mol. The lowest BCUT2D eigenvalue weighted by Crippen LogP contribution is -2.54. The second-order valence-corrected chi connectivity index (χ2v) is 9.97. The summed E-state index contributed by atoms with van der Waals surface area (Å²) in [5.41, 5.74) is 6.16. The highest BCUT2D eigenvalue weighted by Crippen LogP contribution is 2.41. The summed E-state index contributed by atoms with van der Waals surface area (Å²) in [4.78, 5) is 29.7. The number of anilines is 2. The van der Waals surface area contributed by atoms with Gasteiger partial charge in [-0.3, -0.25) is 19.8 Å². The van der Waals surface area contributed by atoms with Crippen LogP contribution in [0.4, 0.5) is 11.4 Å². The van der Waals surface area contributed by atoms with Crippen LogP contribution in [-0.2, 0) is 9.59 Å². The fourth-order valence-electron chi connectivity index (χ4n) is 4.39. The first kappa shape index (κ1) is 23.2. The molecule has 2 aromatic carbocycles. The molecule has 0 radical (unpaired) electrons. The van der Waals surface area contributed by atoms with Gasteiger partial charge in [-0.05, 0) is 87.8 Å². The number of hydrogen-bond donors (Lipinski definition) is 1. The molecule has 170 valence electrons. The maximum Gasteiger partial charge on any atom is 0.270 e. The number of aryl methyl sites for hydroxylation is 2. The lowest BCUT2D eigenvalue weighted by atomic mass is 9.88. The maximum absolute atomic E-state index is 13.4. The topological polar surface area (TPSA) is 52.7 Å². The van der Waals surface area contributed by atoms with Gasteiger partial charge in [-0.25, -0.2) is 0 Å². The van der Waals surface area contributed by atoms with Crippen molar-refractivity contribution >= 4 is 63.8 Å². The SMILES string of the molecule is CC1=CC(C)(C)N(C)c2cc(Cl)c(/C=C3\C(=O)NC(=S)N(c4ccc(C)cc4C)C3=O)cc21. The van der Waals surface area contributed by atoms with E-state index in [1.165, 1.54) is 4.90 Å². The van der Waals surface area contributed by atoms with Crippen molar-refractivity contribution < 1.29 is 9.59 Å². The molecule has 0 aliphatic carbocycles. The highest BCUT2D eigenvalue weighted by molar-refractivity contribution is 7.80. The number of halogens is 1. The second-order valence-electron chi connectivity index (χ2n) is 9.18. The molecule has 7 heteroatoms. The Labute approximate surface area is 204 Å². The Balaban J connectivity index is 1.80. The van der Waals surface area contributed by atoms with Gasteiger partial charge in [0.25, 0.3) is 11.8 Å². The number of hydrogen-bond acceptors (Lipinski definition) is 4. The van der Waals surface area contributed by atoms with E-state index < -0.39 is 11.8 Å². The van der Waals surface area contributed by atoms with E-state index in [9.17, 15) is 9.59 Å². The highest BCUT2D eigenvalue weighted by atomic mass is 35.5. The Morgan fingerprint density at radius 1 is 1.06 bits per heavy atom. The minimum absolute atomic E-state index is 0.0171. The van der Waals surface area contributed by atoms with Crippen LogP contribution in [0.3, 0.4) is 0 Å². The quantitative estimate of drug-likeness (QED) is 0.355. The average Bonchev–Trinajstić information content (AvgIpc) is 2.71. The van der Waals surface area contributed by atoms with Gasteiger partial charge in [-0.2, -0.15) is 0 Å². The van der Waals surface area contributed by atoms with Crippen LogP contribution < -0.4 is 15.1 Å². The molecule has 1 N–H and O–H groups in total. The Morgan fingerprint density at radius 3 is 2.42 bits per heavy atom. The number of amides is 2. The van der Waals surface area contributed by atoms with Gasteiger partial charge in [0.05, 0.1) is 11.2 Å². The molecule has 0 unspecified atom stereocenters. The van der Waals surface area contributed by atoms with Crippen molar-refractivity contribution in [2.45, 2.75) is 40.2 Å². The van der Waals surface area contributed by atoms with E-state index in [0.29, 0.717) is 16.3 Å². The summed E-state index contributed by atoms with van der Waals surface area (Å²) in [5, 5.41) is 3.17. The molecule has 2 aromatic rings. The van der Waals surface area contributed by atoms with Gasteiger partial charge < -0.3 is 4.90 Å². The molecule has 0 aromatic heterocycles. The minimum atomic E-state index is -0.537. The van der Waals surface area contributed by atoms with Gasteiger partial charge >= 0.3 is 0 Å². The number of carbonyl (C=O) groups is 2. The van der Waals surface area contributed by atoms with Crippen LogP contribution in [0, 0.1) is 13.8 Å². The second kappa shape index (κ2) is 8.12. The molecular formula is C26H26ClN3O2S. The summed E-state index contributed by atoms with van der Waals surface area (Å²) < 4.78 is 0. The Kier molecular flexibility index (Phi) is 5.71. The summed E-state index contributed by atoms with van der Waals surface area (Å²) in [5.74, 6) is -1.01. The number of allylic oxidation sites excluding steroid dienone is 1. The monoisotopic (exact) mass is 479 g/mol. The van der Waals surface area contributed by atoms with Gasteiger partial charge in [-0.1, -0.05) is 35.4 Å². The van der Waals surface area contributed by atoms with Gasteiger partial charge in [0.2, 0.25) is 0 Å². The molecule has 1 fully saturated rings. The van der Waals surface area contributed by atoms with Gasteiger partial charge in [0.15, 0.2) is 5.11 Å². The molecule has 0 atom stereocenters. The molecule has 33 heavy (non-hydrogen) atoms. The molecule has 2 aliphatic rings. The Bertz CT molecular complexity index is 1290. The third-order valence-corrected chi connectivity index (χ3v) is 6.94. The zero-order valence-corrected chi connectivity index (χ0v) is 21.1. The Morgan fingerprint density at radius 2 is 1.76 bits per heavy atom. The lowest BCUT2D eigenvalue weighted by Gasteiger charge is -2.41. The van der Waals surface area contributed by atoms with E-state index in [4.69, 9.17) is 23.8 Å². The van der Waals surface area contributed by atoms with Crippen molar-refractivity contribution in [1.29, 1.82) is 0 Å². The Hall–Kier alpha value is -2.96. The number of carbonyl (C=O) groups excluding carboxylic acids is 2. The molecule has 0 saturated carbocycles. The van der Waals surface area contributed by atoms with E-state index in [1.807, 2.05) is 51.2 Å². The summed E-state index contributed by atoms with van der Waals surface area (Å²) in [6, 6.07) is 9.53. The van der Waals surface area contributed by atoms with E-state index >= 15 is 0 Å². The molecule has 4 rings (SSSR count). The molecule has 1 saturated heterocycles. The number of nitrogens with zero attached hydrogens (tertiary/aromatic N) is 2. The van der Waals surface area contributed by atoms with Crippen LogP contribution in [0.15, 0.2) is 42.0 Å². The largest absolute Gasteiger partial charge is 0.365 e. The summed E-state index contributed by atoms with van der Waals surface area (Å²) in [6.07, 6.45) is 3.74. The van der Waals surface area contributed by atoms with E-state index in [1.54, 1.807) is 6.08 Å². The molecule has 0 spiro atoms. The molecule has 5 nitrogen and oxygen atoms in total. The van der Waals surface area contributed by atoms with Crippen LogP contribution in [0.2, 0.25) is 5.02 Å². The fraction of sp³-hybridized carbons (Fsp3) is 0.269. The third-order valence-electron chi connectivity index (χ3n) is 6.33. The summed E-state index contributed by atoms with van der Waals surface area (Å²) >= 11 is 12.0. The van der Waals surface area contributed by atoms with E-state index in [2.05, 4.69) is 37.1 Å². The van der Waals surface area contributed by atoms with Gasteiger partial charge in [0.1, 0.15) is 5.57 Å². The number of thiocarbonyl (C=S) groups is 1. The number of likely N-dealkylation sites (N-methyl/N-ethyl adjacent to an activating group) is 1. The first-order valence-electron chi connectivity index (χ1n) is 10.7. The van der Waals surface area contributed by atoms with Crippen molar-refractivity contribution in [3.8, 4) is 0 Å². The number of rotatable bonds is 2. The molecule has 2 amide bonds. The van der Waals surface area contributed by atoms with Gasteiger partial charge in [-0.15, -0.1) is 0 Å². The standard InChI is InChI=1S/C26H26ClN3O2S/c1-14-7-8-21(15(2)9-14)30-24(32)19(23(31)28-25(30)33)11-17-10-18-16(3)13-26(4,5)29(6)22(18)12-20(17)27/h7-13H,1-6H3,(H,28,31,33)/b19-11+. The third kappa shape index (κ3) is 3.98. The van der Waals surface area contributed by atoms with Crippen molar-refractivity contribution in [3.63, 3.8) is 0 Å². The summed E-state index contributed by atoms with van der Waals surface area (Å²) in [7, 11) is 2.02. The van der Waals surface area contributed by atoms with Crippen LogP contribution >= 0.6 is 23.8 Å². The van der Waals surface area contributed by atoms with Crippen LogP contribution in [0.25, 0.3) is 11.6 Å². The first-order chi connectivity index (χ1) is 15.4. The fourth-order valence-corrected chi connectivity index (χ4v) is 4.87. The predicted octanol–water partition coefficient (Wildman–Crippen LogP) is 5.42. The van der Waals surface area contributed by atoms with E-state index in [-0.39, 0.29) is 16.2 Å². The lowest BCUT2D eigenvalue weighted by molar-refractivity contribution is -0.122. The average molecular weight is 480 g/mol. The maximum atomic E-state index is 13.4. The van der Waals surface area contributed by atoms with Crippen LogP contribution in [0.1, 0.15) is 43.0 Å². The van der Waals surface area contributed by atoms with Crippen molar-refractivity contribution in [1.82, 2.24) is 5.32 Å². The number of benzene rings is 2. The van der Waals surface area contributed by atoms with Crippen molar-refractivity contribution in [3.05, 3.63) is 69.3 Å². The van der Waals surface area contributed by atoms with Crippen molar-refractivity contribution in [2.75, 3.05) is 16.8 Å². The zero-order chi connectivity index (χ0) is 24.2.